The maximum absolute atomic E-state index is 12.4. The van der Waals surface area contributed by atoms with E-state index in [0.717, 1.165) is 16.8 Å². The van der Waals surface area contributed by atoms with Crippen LogP contribution >= 0.6 is 11.6 Å². The quantitative estimate of drug-likeness (QED) is 0.594. The van der Waals surface area contributed by atoms with E-state index in [1.807, 2.05) is 19.1 Å². The third kappa shape index (κ3) is 4.81. The Kier molecular flexibility index (Phi) is 5.88. The molecule has 8 heteroatoms. The lowest BCUT2D eigenvalue weighted by molar-refractivity contribution is -0.135. The monoisotopic (exact) mass is 418 g/mol. The number of esters is 1. The second-order valence-corrected chi connectivity index (χ2v) is 8.48. The minimum absolute atomic E-state index is 0.0874. The Morgan fingerprint density at radius 2 is 1.75 bits per heavy atom. The third-order valence-corrected chi connectivity index (χ3v) is 5.86. The van der Waals surface area contributed by atoms with Crippen LogP contribution in [0.5, 0.6) is 5.75 Å². The second-order valence-electron chi connectivity index (χ2n) is 6.33. The number of hydrogen-bond donors (Lipinski definition) is 2. The molecule has 146 valence electrons. The number of aryl methyl sites for hydroxylation is 1. The standard InChI is InChI=1S/C20H19ClN2O4S/c1-13-3-9-18(10-4-13)28(25,26)23-14(2)20(24)27-17-11-19(22-12-17)15-5-7-16(21)8-6-15/h3-12,14,22-23H,1-2H3/t14-/m0/s1. The van der Waals surface area contributed by atoms with Gasteiger partial charge < -0.3 is 9.72 Å². The molecule has 0 spiro atoms. The number of rotatable bonds is 6. The van der Waals surface area contributed by atoms with Crippen LogP contribution in [0.3, 0.4) is 0 Å². The summed E-state index contributed by atoms with van der Waals surface area (Å²) in [5, 5.41) is 0.622. The van der Waals surface area contributed by atoms with E-state index in [0.29, 0.717) is 5.02 Å². The molecule has 2 aromatic carbocycles. The van der Waals surface area contributed by atoms with Crippen LogP contribution in [0.1, 0.15) is 12.5 Å². The number of carbonyl (C=O) groups is 1. The van der Waals surface area contributed by atoms with Crippen molar-refractivity contribution in [3.8, 4) is 17.0 Å². The van der Waals surface area contributed by atoms with Gasteiger partial charge in [-0.2, -0.15) is 4.72 Å². The van der Waals surface area contributed by atoms with Crippen molar-refractivity contribution in [2.45, 2.75) is 24.8 Å². The smallest absolute Gasteiger partial charge is 0.329 e. The van der Waals surface area contributed by atoms with Gasteiger partial charge in [-0.3, -0.25) is 0 Å². The van der Waals surface area contributed by atoms with Crippen molar-refractivity contribution in [1.82, 2.24) is 9.71 Å². The van der Waals surface area contributed by atoms with E-state index in [1.54, 1.807) is 30.3 Å². The topological polar surface area (TPSA) is 88.3 Å². The Hall–Kier alpha value is -2.61. The van der Waals surface area contributed by atoms with Crippen molar-refractivity contribution in [1.29, 1.82) is 0 Å². The largest absolute Gasteiger partial charge is 0.424 e. The molecule has 28 heavy (non-hydrogen) atoms. The Morgan fingerprint density at radius 3 is 2.39 bits per heavy atom. The summed E-state index contributed by atoms with van der Waals surface area (Å²) in [6.45, 7) is 3.29. The molecule has 0 unspecified atom stereocenters. The minimum atomic E-state index is -3.83. The van der Waals surface area contributed by atoms with Gasteiger partial charge in [-0.25, -0.2) is 13.2 Å². The first-order valence-electron chi connectivity index (χ1n) is 8.50. The molecule has 3 rings (SSSR count). The van der Waals surface area contributed by atoms with Crippen molar-refractivity contribution >= 4 is 27.6 Å². The lowest BCUT2D eigenvalue weighted by atomic mass is 10.2. The van der Waals surface area contributed by atoms with E-state index in [4.69, 9.17) is 16.3 Å². The Balaban J connectivity index is 1.66. The zero-order valence-electron chi connectivity index (χ0n) is 15.3. The Morgan fingerprint density at radius 1 is 1.11 bits per heavy atom. The normalized spacial score (nSPS) is 12.5. The van der Waals surface area contributed by atoms with Crippen LogP contribution in [0, 0.1) is 6.92 Å². The number of carbonyl (C=O) groups excluding carboxylic acids is 1. The van der Waals surface area contributed by atoms with Gasteiger partial charge in [0.1, 0.15) is 11.8 Å². The van der Waals surface area contributed by atoms with Gasteiger partial charge in [-0.15, -0.1) is 0 Å². The summed E-state index contributed by atoms with van der Waals surface area (Å²) in [4.78, 5) is 15.4. The van der Waals surface area contributed by atoms with Gasteiger partial charge in [0, 0.05) is 23.0 Å². The van der Waals surface area contributed by atoms with Crippen LogP contribution in [0.15, 0.2) is 65.7 Å². The lowest BCUT2D eigenvalue weighted by Gasteiger charge is -2.13. The van der Waals surface area contributed by atoms with Gasteiger partial charge in [-0.1, -0.05) is 41.4 Å². The molecule has 3 aromatic rings. The summed E-state index contributed by atoms with van der Waals surface area (Å²) in [6, 6.07) is 14.1. The van der Waals surface area contributed by atoms with Gasteiger partial charge in [0.05, 0.1) is 4.90 Å². The molecule has 0 amide bonds. The van der Waals surface area contributed by atoms with Gasteiger partial charge in [0.2, 0.25) is 10.0 Å². The SMILES string of the molecule is Cc1ccc(S(=O)(=O)N[C@@H](C)C(=O)Oc2c[nH]c(-c3ccc(Cl)cc3)c2)cc1. The predicted molar refractivity (Wildman–Crippen MR) is 108 cm³/mol. The van der Waals surface area contributed by atoms with E-state index in [-0.39, 0.29) is 10.6 Å². The average Bonchev–Trinajstić information content (AvgIpc) is 3.10. The number of halogens is 1. The average molecular weight is 419 g/mol. The molecule has 2 N–H and O–H groups in total. The predicted octanol–water partition coefficient (Wildman–Crippen LogP) is 3.92. The molecule has 0 radical (unpaired) electrons. The van der Waals surface area contributed by atoms with Crippen molar-refractivity contribution < 1.29 is 17.9 Å². The molecule has 0 aliphatic rings. The first-order chi connectivity index (χ1) is 13.2. The van der Waals surface area contributed by atoms with E-state index < -0.39 is 22.0 Å². The molecule has 0 fully saturated rings. The van der Waals surface area contributed by atoms with Crippen LogP contribution in [-0.4, -0.2) is 25.4 Å². The van der Waals surface area contributed by atoms with Gasteiger partial charge >= 0.3 is 5.97 Å². The molecule has 0 aliphatic heterocycles. The highest BCUT2D eigenvalue weighted by molar-refractivity contribution is 7.89. The maximum Gasteiger partial charge on any atom is 0.329 e. The van der Waals surface area contributed by atoms with Crippen LogP contribution in [0.25, 0.3) is 11.3 Å². The highest BCUT2D eigenvalue weighted by Crippen LogP contribution is 2.24. The zero-order chi connectivity index (χ0) is 20.3. The number of benzene rings is 2. The summed E-state index contributed by atoms with van der Waals surface area (Å²) in [6.07, 6.45) is 1.53. The third-order valence-electron chi connectivity index (χ3n) is 4.05. The molecule has 6 nitrogen and oxygen atoms in total. The number of nitrogens with one attached hydrogen (secondary N) is 2. The first-order valence-corrected chi connectivity index (χ1v) is 10.4. The number of ether oxygens (including phenoxy) is 1. The summed E-state index contributed by atoms with van der Waals surface area (Å²) in [5.41, 5.74) is 2.56. The van der Waals surface area contributed by atoms with E-state index in [9.17, 15) is 13.2 Å². The summed E-state index contributed by atoms with van der Waals surface area (Å²) in [5.74, 6) is -0.423. The summed E-state index contributed by atoms with van der Waals surface area (Å²) < 4.78 is 32.4. The molecule has 1 aromatic heterocycles. The first kappa shape index (κ1) is 20.1. The van der Waals surface area contributed by atoms with Crippen LogP contribution < -0.4 is 9.46 Å². The van der Waals surface area contributed by atoms with Crippen molar-refractivity contribution in [2.24, 2.45) is 0 Å². The Labute approximate surface area is 168 Å². The van der Waals surface area contributed by atoms with Gasteiger partial charge in [-0.05, 0) is 43.7 Å². The molecule has 0 bridgehead atoms. The lowest BCUT2D eigenvalue weighted by Crippen LogP contribution is -2.40. The zero-order valence-corrected chi connectivity index (χ0v) is 16.8. The molecular weight excluding hydrogens is 400 g/mol. The van der Waals surface area contributed by atoms with E-state index in [2.05, 4.69) is 9.71 Å². The summed E-state index contributed by atoms with van der Waals surface area (Å²) in [7, 11) is -3.83. The van der Waals surface area contributed by atoms with Gasteiger partial charge in [0.15, 0.2) is 0 Å². The van der Waals surface area contributed by atoms with Crippen LogP contribution in [0.4, 0.5) is 0 Å². The number of aromatic amines is 1. The fraction of sp³-hybridized carbons (Fsp3) is 0.150. The second kappa shape index (κ2) is 8.18. The van der Waals surface area contributed by atoms with Crippen LogP contribution in [0.2, 0.25) is 5.02 Å². The number of sulfonamides is 1. The summed E-state index contributed by atoms with van der Waals surface area (Å²) >= 11 is 5.88. The molecule has 0 aliphatic carbocycles. The number of aromatic nitrogens is 1. The van der Waals surface area contributed by atoms with E-state index in [1.165, 1.54) is 25.3 Å². The number of H-pyrrole nitrogens is 1. The maximum atomic E-state index is 12.4. The van der Waals surface area contributed by atoms with Crippen molar-refractivity contribution in [2.75, 3.05) is 0 Å². The Bertz CT molecular complexity index is 1070. The van der Waals surface area contributed by atoms with E-state index >= 15 is 0 Å². The fourth-order valence-corrected chi connectivity index (χ4v) is 3.82. The minimum Gasteiger partial charge on any atom is -0.424 e. The molecule has 1 heterocycles. The van der Waals surface area contributed by atoms with Crippen LogP contribution in [-0.2, 0) is 14.8 Å². The number of hydrogen-bond acceptors (Lipinski definition) is 4. The molecule has 0 saturated carbocycles. The molecule has 1 atom stereocenters. The molecular formula is C20H19ClN2O4S. The van der Waals surface area contributed by atoms with Gasteiger partial charge in [0.25, 0.3) is 0 Å². The van der Waals surface area contributed by atoms with Crippen molar-refractivity contribution in [3.63, 3.8) is 0 Å². The highest BCUT2D eigenvalue weighted by Gasteiger charge is 2.23. The molecule has 0 saturated heterocycles. The van der Waals surface area contributed by atoms with Crippen molar-refractivity contribution in [3.05, 3.63) is 71.4 Å². The fourth-order valence-electron chi connectivity index (χ4n) is 2.50. The highest BCUT2D eigenvalue weighted by atomic mass is 35.5.